The Labute approximate surface area is 641 Å². The van der Waals surface area contributed by atoms with E-state index < -0.39 is 0 Å². The van der Waals surface area contributed by atoms with Crippen molar-refractivity contribution < 1.29 is 52.3 Å². The molecule has 0 amide bonds. The number of rotatable bonds is 10. The van der Waals surface area contributed by atoms with Gasteiger partial charge in [0.1, 0.15) is 23.1 Å². The topological polar surface area (TPSA) is 102 Å². The van der Waals surface area contributed by atoms with Crippen LogP contribution in [0.5, 0.6) is 11.5 Å². The van der Waals surface area contributed by atoms with Gasteiger partial charge in [-0.1, -0.05) is 275 Å². The third-order valence-corrected chi connectivity index (χ3v) is 19.7. The summed E-state index contributed by atoms with van der Waals surface area (Å²) in [5, 5.41) is 25.9. The van der Waals surface area contributed by atoms with Crippen LogP contribution >= 0.6 is 0 Å². The minimum atomic E-state index is -0.251. The number of fused-ring (bicyclic) bond motifs is 3. The average Bonchev–Trinajstić information content (AvgIpc) is 1.57. The van der Waals surface area contributed by atoms with Crippen LogP contribution in [0.3, 0.4) is 0 Å². The maximum absolute atomic E-state index is 11.8. The van der Waals surface area contributed by atoms with Crippen LogP contribution in [0.2, 0.25) is 0 Å². The van der Waals surface area contributed by atoms with E-state index in [1.54, 1.807) is 0 Å². The first-order chi connectivity index (χ1) is 48.7. The summed E-state index contributed by atoms with van der Waals surface area (Å²) in [5.74, 6) is 2.03. The molecule has 526 valence electrons. The molecule has 0 aliphatic heterocycles. The number of imidazole rings is 2. The van der Waals surface area contributed by atoms with E-state index in [2.05, 4.69) is 335 Å². The predicted molar refractivity (Wildman–Crippen MR) is 425 cm³/mol. The predicted octanol–water partition coefficient (Wildman–Crippen LogP) is 24.0. The van der Waals surface area contributed by atoms with Crippen LogP contribution in [0, 0.1) is 12.1 Å². The Balaban J connectivity index is 0.000000193. The van der Waals surface area contributed by atoms with Gasteiger partial charge < -0.3 is 19.3 Å². The average molecular weight is 1720 g/mol. The molecule has 0 fully saturated rings. The van der Waals surface area contributed by atoms with Gasteiger partial charge in [-0.15, -0.1) is 53.6 Å². The number of aryl methyl sites for hydroxylation is 2. The maximum atomic E-state index is 11.8. The van der Waals surface area contributed by atoms with Gasteiger partial charge in [-0.25, -0.2) is 9.97 Å². The van der Waals surface area contributed by atoms with Crippen molar-refractivity contribution in [3.8, 4) is 124 Å². The van der Waals surface area contributed by atoms with Gasteiger partial charge in [-0.05, 0) is 131 Å². The Kier molecular flexibility index (Phi) is 20.7. The standard InChI is InChI=1S/C49H44N3O.C45H42N3O.2Pt/c1-48(2,3)39-29-41(46(53)42(30-39)49(4,5)6)47-51-45-40(18-13-19-44(45)52(47)7)37-25-36(31-14-9-8-10-15-31)26-38(27-37)43-28-35(22-23-50-43)34-21-20-32-16-11-12-17-33(32)24-34;1-44(2,3)35-27-37(42(49)38(28-35)45(4,5)6)43-47-41-36(20-13-21-40(41)48(43)7)33-18-12-19-34(25-33)39-26-32(22-23-46-39)31-17-11-16-30(24-31)29-14-9-8-10-15-29;;/h8-26,28-30,53H,1-7H3;8-24,26-28,49H,1-7H3;;/q2*-1;;. The van der Waals surface area contributed by atoms with Crippen LogP contribution in [-0.4, -0.2) is 39.3 Å². The van der Waals surface area contributed by atoms with Crippen LogP contribution < -0.4 is 0 Å². The fourth-order valence-electron chi connectivity index (χ4n) is 13.8. The van der Waals surface area contributed by atoms with Gasteiger partial charge in [-0.3, -0.25) is 9.97 Å². The first kappa shape index (κ1) is 73.6. The molecule has 4 heterocycles. The molecule has 0 atom stereocenters. The number of pyridine rings is 2. The van der Waals surface area contributed by atoms with Crippen molar-refractivity contribution in [1.29, 1.82) is 0 Å². The number of hydrogen-bond acceptors (Lipinski definition) is 6. The van der Waals surface area contributed by atoms with Crippen molar-refractivity contribution >= 4 is 32.8 Å². The molecule has 0 aliphatic rings. The Morgan fingerprint density at radius 3 is 1.23 bits per heavy atom. The van der Waals surface area contributed by atoms with E-state index in [0.29, 0.717) is 0 Å². The number of aromatic hydroxyl groups is 2. The summed E-state index contributed by atoms with van der Waals surface area (Å²) in [5.41, 5.74) is 25.0. The quantitative estimate of drug-likeness (QED) is 0.132. The number of aromatic nitrogens is 6. The summed E-state index contributed by atoms with van der Waals surface area (Å²) in [4.78, 5) is 20.2. The summed E-state index contributed by atoms with van der Waals surface area (Å²) >= 11 is 0. The summed E-state index contributed by atoms with van der Waals surface area (Å²) < 4.78 is 4.19. The van der Waals surface area contributed by atoms with Crippen LogP contribution in [0.1, 0.15) is 105 Å². The third kappa shape index (κ3) is 14.9. The van der Waals surface area contributed by atoms with Gasteiger partial charge >= 0.3 is 0 Å². The molecule has 0 radical (unpaired) electrons. The van der Waals surface area contributed by atoms with Crippen molar-refractivity contribution in [3.63, 3.8) is 0 Å². The largest absolute Gasteiger partial charge is 0.507 e. The van der Waals surface area contributed by atoms with Gasteiger partial charge in [-0.2, -0.15) is 0 Å². The van der Waals surface area contributed by atoms with Gasteiger partial charge in [0.15, 0.2) is 0 Å². The molecule has 4 aromatic heterocycles. The van der Waals surface area contributed by atoms with Crippen molar-refractivity contribution in [2.24, 2.45) is 14.1 Å². The molecule has 0 bridgehead atoms. The summed E-state index contributed by atoms with van der Waals surface area (Å²) in [6.07, 6.45) is 3.76. The molecule has 2 N–H and O–H groups in total. The van der Waals surface area contributed by atoms with E-state index in [9.17, 15) is 10.2 Å². The minimum absolute atomic E-state index is 0. The van der Waals surface area contributed by atoms with Crippen LogP contribution in [0.4, 0.5) is 0 Å². The molecule has 0 spiro atoms. The van der Waals surface area contributed by atoms with E-state index in [1.807, 2.05) is 38.6 Å². The van der Waals surface area contributed by atoms with Crippen molar-refractivity contribution in [1.82, 2.24) is 29.1 Å². The molecule has 0 unspecified atom stereocenters. The van der Waals surface area contributed by atoms with E-state index in [-0.39, 0.29) is 75.3 Å². The first-order valence-electron chi connectivity index (χ1n) is 35.1. The number of phenols is 2. The number of para-hydroxylation sites is 2. The maximum Gasteiger partial charge on any atom is 0.143 e. The van der Waals surface area contributed by atoms with Gasteiger partial charge in [0.25, 0.3) is 0 Å². The fraction of sp³-hybridized carbons (Fsp3) is 0.191. The number of benzene rings is 11. The number of nitrogens with zero attached hydrogens (tertiary/aromatic N) is 6. The molecule has 0 saturated carbocycles. The Morgan fingerprint density at radius 1 is 0.308 bits per heavy atom. The molecule has 104 heavy (non-hydrogen) atoms. The Bertz CT molecular complexity index is 5690. The molecule has 15 aromatic rings. The monoisotopic (exact) mass is 1720 g/mol. The van der Waals surface area contributed by atoms with Crippen molar-refractivity contribution in [2.45, 2.75) is 105 Å². The minimum Gasteiger partial charge on any atom is -0.507 e. The smallest absolute Gasteiger partial charge is 0.143 e. The van der Waals surface area contributed by atoms with E-state index in [1.165, 1.54) is 27.5 Å². The number of phenolic OH excluding ortho intramolecular Hbond substituents is 2. The molecule has 8 nitrogen and oxygen atoms in total. The van der Waals surface area contributed by atoms with Crippen LogP contribution in [-0.2, 0) is 77.9 Å². The normalized spacial score (nSPS) is 11.9. The second kappa shape index (κ2) is 29.2. The molecule has 15 rings (SSSR count). The fourth-order valence-corrected chi connectivity index (χ4v) is 13.8. The van der Waals surface area contributed by atoms with Crippen LogP contribution in [0.15, 0.2) is 255 Å². The summed E-state index contributed by atoms with van der Waals surface area (Å²) in [7, 11) is 4.06. The second-order valence-corrected chi connectivity index (χ2v) is 31.1. The molecule has 11 aromatic carbocycles. The first-order valence-corrected chi connectivity index (χ1v) is 35.1. The van der Waals surface area contributed by atoms with Gasteiger partial charge in [0.2, 0.25) is 0 Å². The zero-order chi connectivity index (χ0) is 71.6. The zero-order valence-corrected chi connectivity index (χ0v) is 66.0. The van der Waals surface area contributed by atoms with Crippen LogP contribution in [0.25, 0.3) is 145 Å². The second-order valence-electron chi connectivity index (χ2n) is 31.1. The molecule has 0 aliphatic carbocycles. The van der Waals surface area contributed by atoms with Crippen molar-refractivity contribution in [2.75, 3.05) is 0 Å². The van der Waals surface area contributed by atoms with Gasteiger partial charge in [0.05, 0.1) is 33.2 Å². The SMILES string of the molecule is Cn1c(-c2cc(C(C)(C)C)cc(C(C)(C)C)c2O)nc2c(-c3[c-]c(-c4cc(-c5ccc6ccccc6c5)ccn4)cc(-c4ccccc4)c3)cccc21.Cn1c(-c2cc(C(C)(C)C)cc(C(C)(C)C)c2O)nc2c(-c3[c-]c(-c4cc(-c5cccc(-c6ccccc6)c5)ccn4)ccc3)cccc21.[Pt].[Pt]. The molecular weight excluding hydrogens is 1640 g/mol. The third-order valence-electron chi connectivity index (χ3n) is 19.7. The summed E-state index contributed by atoms with van der Waals surface area (Å²) in [6, 6.07) is 92.1. The zero-order valence-electron chi connectivity index (χ0n) is 61.5. The molecule has 10 heteroatoms. The Morgan fingerprint density at radius 2 is 0.712 bits per heavy atom. The van der Waals surface area contributed by atoms with E-state index in [0.717, 1.165) is 140 Å². The van der Waals surface area contributed by atoms with Crippen molar-refractivity contribution in [3.05, 3.63) is 289 Å². The van der Waals surface area contributed by atoms with Gasteiger partial charge in [0, 0.05) is 91.1 Å². The Hall–Kier alpha value is -10.1. The molecular formula is C94H86N6O2Pt2-2. The number of hydrogen-bond donors (Lipinski definition) is 2. The van der Waals surface area contributed by atoms with E-state index >= 15 is 0 Å². The van der Waals surface area contributed by atoms with E-state index in [4.69, 9.17) is 19.9 Å². The summed E-state index contributed by atoms with van der Waals surface area (Å²) in [6.45, 7) is 26.1. The molecule has 0 saturated heterocycles.